The van der Waals surface area contributed by atoms with E-state index >= 15 is 0 Å². The fourth-order valence-electron chi connectivity index (χ4n) is 2.75. The Kier molecular flexibility index (Phi) is 2.09. The Labute approximate surface area is 94.3 Å². The van der Waals surface area contributed by atoms with Gasteiger partial charge < -0.3 is 19.9 Å². The molecule has 2 aliphatic rings. The zero-order chi connectivity index (χ0) is 11.3. The highest BCUT2D eigenvalue weighted by Gasteiger charge is 2.47. The Morgan fingerprint density at radius 1 is 1.19 bits per heavy atom. The third kappa shape index (κ3) is 1.11. The fraction of sp³-hybridized carbons (Fsp3) is 0.500. The highest BCUT2D eigenvalue weighted by atomic mass is 16.5. The highest BCUT2D eigenvalue weighted by Crippen LogP contribution is 2.55. The van der Waals surface area contributed by atoms with Crippen molar-refractivity contribution in [1.82, 2.24) is 0 Å². The zero-order valence-electron chi connectivity index (χ0n) is 9.40. The standard InChI is InChI=1S/C12H15NO3/c1-14-7-3-4-8(15-2)11-10(7)9-5-6(13)12(11)16-9/h3-4,6,9,12H,5,13H2,1-2H3/t6-,9?,12?/m1/s1. The van der Waals surface area contributed by atoms with Crippen molar-refractivity contribution in [3.63, 3.8) is 0 Å². The lowest BCUT2D eigenvalue weighted by molar-refractivity contribution is 0.0664. The number of hydrogen-bond donors (Lipinski definition) is 1. The number of methoxy groups -OCH3 is 2. The summed E-state index contributed by atoms with van der Waals surface area (Å²) >= 11 is 0. The summed E-state index contributed by atoms with van der Waals surface area (Å²) in [5.41, 5.74) is 8.22. The van der Waals surface area contributed by atoms with Crippen LogP contribution in [-0.4, -0.2) is 20.3 Å². The van der Waals surface area contributed by atoms with Gasteiger partial charge in [0, 0.05) is 17.2 Å². The maximum Gasteiger partial charge on any atom is 0.125 e. The number of hydrogen-bond acceptors (Lipinski definition) is 4. The quantitative estimate of drug-likeness (QED) is 0.823. The van der Waals surface area contributed by atoms with Gasteiger partial charge >= 0.3 is 0 Å². The van der Waals surface area contributed by atoms with Crippen molar-refractivity contribution in [3.8, 4) is 11.5 Å². The molecule has 3 rings (SSSR count). The maximum absolute atomic E-state index is 6.03. The topological polar surface area (TPSA) is 53.7 Å². The molecule has 0 aromatic heterocycles. The lowest BCUT2D eigenvalue weighted by atomic mass is 9.87. The molecule has 2 N–H and O–H groups in total. The van der Waals surface area contributed by atoms with Crippen LogP contribution in [0.4, 0.5) is 0 Å². The molecule has 4 nitrogen and oxygen atoms in total. The van der Waals surface area contributed by atoms with Gasteiger partial charge in [0.1, 0.15) is 17.6 Å². The van der Waals surface area contributed by atoms with Crippen LogP contribution < -0.4 is 15.2 Å². The Morgan fingerprint density at radius 2 is 1.81 bits per heavy atom. The van der Waals surface area contributed by atoms with Crippen LogP contribution in [0.2, 0.25) is 0 Å². The average molecular weight is 221 g/mol. The van der Waals surface area contributed by atoms with Gasteiger partial charge in [-0.1, -0.05) is 0 Å². The van der Waals surface area contributed by atoms with E-state index in [9.17, 15) is 0 Å². The van der Waals surface area contributed by atoms with Gasteiger partial charge in [-0.2, -0.15) is 0 Å². The molecular formula is C12H15NO3. The van der Waals surface area contributed by atoms with E-state index < -0.39 is 0 Å². The average Bonchev–Trinajstić information content (AvgIpc) is 2.85. The van der Waals surface area contributed by atoms with E-state index in [2.05, 4.69) is 0 Å². The molecule has 2 aliphatic heterocycles. The Morgan fingerprint density at radius 3 is 2.44 bits per heavy atom. The molecule has 0 saturated carbocycles. The SMILES string of the molecule is COc1ccc(OC)c2c1C1C[C@@H](N)C2O1. The number of rotatable bonds is 2. The second-order valence-electron chi connectivity index (χ2n) is 4.24. The molecule has 1 aromatic rings. The van der Waals surface area contributed by atoms with Crippen LogP contribution in [0.15, 0.2) is 12.1 Å². The smallest absolute Gasteiger partial charge is 0.125 e. The maximum atomic E-state index is 6.03. The number of fused-ring (bicyclic) bond motifs is 5. The largest absolute Gasteiger partial charge is 0.496 e. The molecule has 1 aromatic carbocycles. The molecular weight excluding hydrogens is 206 g/mol. The van der Waals surface area contributed by atoms with Crippen molar-refractivity contribution in [2.45, 2.75) is 24.7 Å². The van der Waals surface area contributed by atoms with Gasteiger partial charge in [-0.05, 0) is 18.6 Å². The summed E-state index contributed by atoms with van der Waals surface area (Å²) in [6.07, 6.45) is 0.895. The molecule has 0 amide bonds. The number of ether oxygens (including phenoxy) is 3. The van der Waals surface area contributed by atoms with E-state index in [4.69, 9.17) is 19.9 Å². The molecule has 0 spiro atoms. The predicted octanol–water partition coefficient (Wildman–Crippen LogP) is 1.55. The summed E-state index contributed by atoms with van der Waals surface area (Å²) in [6, 6.07) is 3.90. The second-order valence-corrected chi connectivity index (χ2v) is 4.24. The minimum Gasteiger partial charge on any atom is -0.496 e. The van der Waals surface area contributed by atoms with E-state index in [1.807, 2.05) is 12.1 Å². The monoisotopic (exact) mass is 221 g/mol. The van der Waals surface area contributed by atoms with E-state index in [1.54, 1.807) is 14.2 Å². The summed E-state index contributed by atoms with van der Waals surface area (Å²) in [6.45, 7) is 0. The normalized spacial score (nSPS) is 30.3. The van der Waals surface area contributed by atoms with E-state index in [0.717, 1.165) is 29.0 Å². The Hall–Kier alpha value is -1.26. The lowest BCUT2D eigenvalue weighted by Crippen LogP contribution is -2.26. The minimum absolute atomic E-state index is 0.0370. The first-order chi connectivity index (χ1) is 7.76. The van der Waals surface area contributed by atoms with Crippen molar-refractivity contribution < 1.29 is 14.2 Å². The van der Waals surface area contributed by atoms with Gasteiger partial charge in [-0.15, -0.1) is 0 Å². The molecule has 86 valence electrons. The number of benzene rings is 1. The summed E-state index contributed by atoms with van der Waals surface area (Å²) < 4.78 is 16.6. The third-order valence-electron chi connectivity index (χ3n) is 3.44. The first kappa shape index (κ1) is 9.93. The number of nitrogens with two attached hydrogens (primary N) is 1. The molecule has 16 heavy (non-hydrogen) atoms. The van der Waals surface area contributed by atoms with Crippen LogP contribution >= 0.6 is 0 Å². The van der Waals surface area contributed by atoms with Crippen molar-refractivity contribution >= 4 is 0 Å². The Balaban J connectivity index is 2.20. The second kappa shape index (κ2) is 3.37. The fourth-order valence-corrected chi connectivity index (χ4v) is 2.75. The van der Waals surface area contributed by atoms with Gasteiger partial charge in [0.05, 0.1) is 20.3 Å². The van der Waals surface area contributed by atoms with Crippen LogP contribution in [0.1, 0.15) is 29.8 Å². The van der Waals surface area contributed by atoms with E-state index in [-0.39, 0.29) is 18.2 Å². The van der Waals surface area contributed by atoms with Gasteiger partial charge in [-0.3, -0.25) is 0 Å². The molecule has 4 heteroatoms. The minimum atomic E-state index is -0.0370. The van der Waals surface area contributed by atoms with E-state index in [1.165, 1.54) is 0 Å². The molecule has 1 fully saturated rings. The molecule has 0 radical (unpaired) electrons. The van der Waals surface area contributed by atoms with Gasteiger partial charge in [-0.25, -0.2) is 0 Å². The molecule has 2 unspecified atom stereocenters. The van der Waals surface area contributed by atoms with Crippen LogP contribution in [0.5, 0.6) is 11.5 Å². The summed E-state index contributed by atoms with van der Waals surface area (Å²) in [7, 11) is 3.34. The summed E-state index contributed by atoms with van der Waals surface area (Å²) in [5, 5.41) is 0. The van der Waals surface area contributed by atoms with Crippen LogP contribution in [-0.2, 0) is 4.74 Å². The van der Waals surface area contributed by atoms with Gasteiger partial charge in [0.2, 0.25) is 0 Å². The predicted molar refractivity (Wildman–Crippen MR) is 58.7 cm³/mol. The first-order valence-corrected chi connectivity index (χ1v) is 5.42. The van der Waals surface area contributed by atoms with Crippen molar-refractivity contribution in [1.29, 1.82) is 0 Å². The molecule has 2 bridgehead atoms. The summed E-state index contributed by atoms with van der Waals surface area (Å²) in [5.74, 6) is 1.72. The highest BCUT2D eigenvalue weighted by molar-refractivity contribution is 5.55. The molecule has 2 heterocycles. The van der Waals surface area contributed by atoms with Crippen LogP contribution in [0.25, 0.3) is 0 Å². The molecule has 3 atom stereocenters. The first-order valence-electron chi connectivity index (χ1n) is 5.42. The third-order valence-corrected chi connectivity index (χ3v) is 3.44. The van der Waals surface area contributed by atoms with Crippen LogP contribution in [0.3, 0.4) is 0 Å². The zero-order valence-corrected chi connectivity index (χ0v) is 9.40. The van der Waals surface area contributed by atoms with Crippen LogP contribution in [0, 0.1) is 0 Å². The van der Waals surface area contributed by atoms with Gasteiger partial charge in [0.25, 0.3) is 0 Å². The van der Waals surface area contributed by atoms with E-state index in [0.29, 0.717) is 0 Å². The van der Waals surface area contributed by atoms with Crippen molar-refractivity contribution in [2.75, 3.05) is 14.2 Å². The summed E-state index contributed by atoms with van der Waals surface area (Å²) in [4.78, 5) is 0. The van der Waals surface area contributed by atoms with Crippen molar-refractivity contribution in [2.24, 2.45) is 5.73 Å². The van der Waals surface area contributed by atoms with Gasteiger partial charge in [0.15, 0.2) is 0 Å². The Bertz CT molecular complexity index is 433. The molecule has 0 aliphatic carbocycles. The van der Waals surface area contributed by atoms with Crippen molar-refractivity contribution in [3.05, 3.63) is 23.3 Å². The molecule has 1 saturated heterocycles. The lowest BCUT2D eigenvalue weighted by Gasteiger charge is -2.21.